The van der Waals surface area contributed by atoms with Gasteiger partial charge in [0.1, 0.15) is 17.3 Å². The third-order valence-corrected chi connectivity index (χ3v) is 3.76. The zero-order chi connectivity index (χ0) is 15.6. The molecule has 112 valence electrons. The van der Waals surface area contributed by atoms with Gasteiger partial charge < -0.3 is 11.1 Å². The summed E-state index contributed by atoms with van der Waals surface area (Å²) >= 11 is 12.8. The highest BCUT2D eigenvalue weighted by molar-refractivity contribution is 7.98. The van der Waals surface area contributed by atoms with Gasteiger partial charge in [-0.25, -0.2) is 18.7 Å². The Morgan fingerprint density at radius 3 is 2.67 bits per heavy atom. The lowest BCUT2D eigenvalue weighted by atomic mass is 10.2. The first-order chi connectivity index (χ1) is 9.93. The van der Waals surface area contributed by atoms with E-state index in [9.17, 15) is 8.78 Å². The van der Waals surface area contributed by atoms with Gasteiger partial charge in [-0.3, -0.25) is 0 Å². The van der Waals surface area contributed by atoms with E-state index >= 15 is 0 Å². The maximum Gasteiger partial charge on any atom is 0.190 e. The second kappa shape index (κ2) is 6.64. The van der Waals surface area contributed by atoms with Gasteiger partial charge in [-0.05, 0) is 18.4 Å². The van der Waals surface area contributed by atoms with Crippen LogP contribution in [-0.4, -0.2) is 16.2 Å². The van der Waals surface area contributed by atoms with Gasteiger partial charge in [-0.2, -0.15) is 0 Å². The number of rotatable bonds is 4. The Kier molecular flexibility index (Phi) is 5.08. The topological polar surface area (TPSA) is 63.8 Å². The molecule has 9 heteroatoms. The summed E-state index contributed by atoms with van der Waals surface area (Å²) in [6, 6.07) is 2.24. The molecular weight excluding hydrogens is 341 g/mol. The van der Waals surface area contributed by atoms with E-state index in [1.807, 2.05) is 0 Å². The van der Waals surface area contributed by atoms with Crippen LogP contribution in [0.5, 0.6) is 0 Å². The average molecular weight is 351 g/mol. The van der Waals surface area contributed by atoms with Gasteiger partial charge in [-0.15, -0.1) is 0 Å². The van der Waals surface area contributed by atoms with Crippen LogP contribution in [0.2, 0.25) is 10.2 Å². The Bertz CT molecular complexity index is 685. The molecule has 0 radical (unpaired) electrons. The number of nitrogens with zero attached hydrogens (tertiary/aromatic N) is 2. The van der Waals surface area contributed by atoms with Crippen LogP contribution in [-0.2, 0) is 6.54 Å². The number of nitrogens with two attached hydrogens (primary N) is 1. The van der Waals surface area contributed by atoms with Gasteiger partial charge in [0, 0.05) is 12.1 Å². The Labute approximate surface area is 134 Å². The van der Waals surface area contributed by atoms with E-state index in [0.29, 0.717) is 5.16 Å². The summed E-state index contributed by atoms with van der Waals surface area (Å²) in [7, 11) is 0. The number of thioether (sulfide) groups is 1. The molecule has 2 aromatic rings. The predicted molar refractivity (Wildman–Crippen MR) is 81.9 cm³/mol. The summed E-state index contributed by atoms with van der Waals surface area (Å²) in [4.78, 5) is 8.04. The minimum atomic E-state index is -0.826. The Morgan fingerprint density at radius 1 is 1.29 bits per heavy atom. The third kappa shape index (κ3) is 3.48. The number of hydrogen-bond acceptors (Lipinski definition) is 5. The minimum absolute atomic E-state index is 0.0730. The minimum Gasteiger partial charge on any atom is -0.393 e. The van der Waals surface area contributed by atoms with E-state index in [-0.39, 0.29) is 33.8 Å². The van der Waals surface area contributed by atoms with Crippen molar-refractivity contribution in [1.82, 2.24) is 9.97 Å². The Balaban J connectivity index is 2.29. The highest BCUT2D eigenvalue weighted by Crippen LogP contribution is 2.28. The fourth-order valence-corrected chi connectivity index (χ4v) is 2.31. The molecule has 3 N–H and O–H groups in total. The second-order valence-corrected chi connectivity index (χ2v) is 5.48. The molecule has 0 fully saturated rings. The van der Waals surface area contributed by atoms with Gasteiger partial charge in [0.25, 0.3) is 0 Å². The van der Waals surface area contributed by atoms with Crippen molar-refractivity contribution in [2.45, 2.75) is 11.7 Å². The standard InChI is InChI=1S/C12H10Cl2F2N4S/c1-21-12-19-10(14)9(17)11(20-12)18-4-5-7(15)3-2-6(13)8(5)16/h2-3H,4,17H2,1H3,(H,18,19,20). The summed E-state index contributed by atoms with van der Waals surface area (Å²) in [5.41, 5.74) is 5.64. The Morgan fingerprint density at radius 2 is 2.00 bits per heavy atom. The van der Waals surface area contributed by atoms with Crippen molar-refractivity contribution < 1.29 is 8.78 Å². The van der Waals surface area contributed by atoms with Crippen LogP contribution in [0.3, 0.4) is 0 Å². The monoisotopic (exact) mass is 350 g/mol. The summed E-state index contributed by atoms with van der Waals surface area (Å²) in [5.74, 6) is -1.33. The van der Waals surface area contributed by atoms with Gasteiger partial charge in [0.15, 0.2) is 16.1 Å². The van der Waals surface area contributed by atoms with Gasteiger partial charge >= 0.3 is 0 Å². The highest BCUT2D eigenvalue weighted by atomic mass is 35.5. The van der Waals surface area contributed by atoms with Gasteiger partial charge in [0.05, 0.1) is 5.02 Å². The SMILES string of the molecule is CSc1nc(Cl)c(N)c(NCc2c(F)ccc(Cl)c2F)n1. The molecule has 0 spiro atoms. The van der Waals surface area contributed by atoms with E-state index in [0.717, 1.165) is 12.1 Å². The van der Waals surface area contributed by atoms with E-state index in [4.69, 9.17) is 28.9 Å². The molecule has 0 unspecified atom stereocenters. The number of benzene rings is 1. The van der Waals surface area contributed by atoms with Crippen molar-refractivity contribution in [1.29, 1.82) is 0 Å². The normalized spacial score (nSPS) is 10.7. The smallest absolute Gasteiger partial charge is 0.190 e. The molecule has 4 nitrogen and oxygen atoms in total. The molecular formula is C12H10Cl2F2N4S. The van der Waals surface area contributed by atoms with Crippen molar-refractivity contribution in [2.24, 2.45) is 0 Å². The summed E-state index contributed by atoms with van der Waals surface area (Å²) < 4.78 is 27.4. The quantitative estimate of drug-likeness (QED) is 0.378. The molecule has 21 heavy (non-hydrogen) atoms. The third-order valence-electron chi connectivity index (χ3n) is 2.63. The number of nitrogen functional groups attached to an aromatic ring is 1. The van der Waals surface area contributed by atoms with Crippen LogP contribution >= 0.6 is 35.0 Å². The molecule has 0 aliphatic heterocycles. The van der Waals surface area contributed by atoms with Crippen LogP contribution in [0.15, 0.2) is 17.3 Å². The van der Waals surface area contributed by atoms with Crippen molar-refractivity contribution in [2.75, 3.05) is 17.3 Å². The second-order valence-electron chi connectivity index (χ2n) is 3.94. The zero-order valence-electron chi connectivity index (χ0n) is 10.8. The number of aromatic nitrogens is 2. The van der Waals surface area contributed by atoms with E-state index in [1.165, 1.54) is 11.8 Å². The van der Waals surface area contributed by atoms with Crippen molar-refractivity contribution in [3.8, 4) is 0 Å². The molecule has 0 aliphatic rings. The van der Waals surface area contributed by atoms with Crippen LogP contribution in [0.1, 0.15) is 5.56 Å². The molecule has 1 aromatic heterocycles. The molecule has 1 aromatic carbocycles. The zero-order valence-corrected chi connectivity index (χ0v) is 13.1. The first-order valence-corrected chi connectivity index (χ1v) is 7.65. The molecule has 1 heterocycles. The molecule has 0 amide bonds. The molecule has 0 aliphatic carbocycles. The fraction of sp³-hybridized carbons (Fsp3) is 0.167. The molecule has 0 bridgehead atoms. The van der Waals surface area contributed by atoms with Crippen LogP contribution in [0, 0.1) is 11.6 Å². The fourth-order valence-electron chi connectivity index (χ4n) is 1.55. The molecule has 0 saturated carbocycles. The van der Waals surface area contributed by atoms with E-state index in [2.05, 4.69) is 15.3 Å². The van der Waals surface area contributed by atoms with Gasteiger partial charge in [-0.1, -0.05) is 35.0 Å². The lowest BCUT2D eigenvalue weighted by Crippen LogP contribution is -2.09. The van der Waals surface area contributed by atoms with E-state index < -0.39 is 11.6 Å². The lowest BCUT2D eigenvalue weighted by molar-refractivity contribution is 0.560. The summed E-state index contributed by atoms with van der Waals surface area (Å²) in [6.07, 6.45) is 1.77. The number of anilines is 2. The number of halogens is 4. The predicted octanol–water partition coefficient (Wildman–Crippen LogP) is 3.98. The summed E-state index contributed by atoms with van der Waals surface area (Å²) in [5, 5.41) is 3.05. The van der Waals surface area contributed by atoms with Crippen LogP contribution in [0.4, 0.5) is 20.3 Å². The molecule has 0 saturated heterocycles. The number of hydrogen-bond donors (Lipinski definition) is 2. The number of nitrogens with one attached hydrogen (secondary N) is 1. The van der Waals surface area contributed by atoms with Crippen LogP contribution < -0.4 is 11.1 Å². The first-order valence-electron chi connectivity index (χ1n) is 5.67. The average Bonchev–Trinajstić information content (AvgIpc) is 2.47. The maximum absolute atomic E-state index is 13.8. The van der Waals surface area contributed by atoms with Crippen LogP contribution in [0.25, 0.3) is 0 Å². The molecule has 0 atom stereocenters. The maximum atomic E-state index is 13.8. The van der Waals surface area contributed by atoms with Crippen molar-refractivity contribution in [3.63, 3.8) is 0 Å². The highest BCUT2D eigenvalue weighted by Gasteiger charge is 2.15. The van der Waals surface area contributed by atoms with E-state index in [1.54, 1.807) is 6.26 Å². The first kappa shape index (κ1) is 16.1. The largest absolute Gasteiger partial charge is 0.393 e. The van der Waals surface area contributed by atoms with Gasteiger partial charge in [0.2, 0.25) is 0 Å². The lowest BCUT2D eigenvalue weighted by Gasteiger charge is -2.12. The van der Waals surface area contributed by atoms with Crippen molar-refractivity contribution in [3.05, 3.63) is 39.5 Å². The Hall–Kier alpha value is -1.31. The molecule has 2 rings (SSSR count). The van der Waals surface area contributed by atoms with Crippen molar-refractivity contribution >= 4 is 46.5 Å². The summed E-state index contributed by atoms with van der Waals surface area (Å²) in [6.45, 7) is -0.177.